The fraction of sp³-hybridized carbons (Fsp3) is 0.462. The minimum atomic E-state index is -0.207. The summed E-state index contributed by atoms with van der Waals surface area (Å²) >= 11 is 0. The molecule has 0 unspecified atom stereocenters. The number of carbonyl (C=O) groups excluding carboxylic acids is 1. The normalized spacial score (nSPS) is 10.7. The molecule has 2 heterocycles. The third-order valence-corrected chi connectivity index (χ3v) is 3.02. The van der Waals surface area contributed by atoms with E-state index in [1.54, 1.807) is 4.52 Å². The van der Waals surface area contributed by atoms with Crippen molar-refractivity contribution < 1.29 is 9.53 Å². The van der Waals surface area contributed by atoms with Crippen LogP contribution in [0.3, 0.4) is 0 Å². The number of esters is 1. The largest absolute Gasteiger partial charge is 0.469 e. The topological polar surface area (TPSA) is 59.7 Å². The fourth-order valence-corrected chi connectivity index (χ4v) is 2.02. The number of methoxy groups -OCH3 is 1. The van der Waals surface area contributed by atoms with Gasteiger partial charge in [0.1, 0.15) is 12.1 Å². The number of carbonyl (C=O) groups is 1. The molecular weight excluding hydrogens is 244 g/mol. The van der Waals surface area contributed by atoms with E-state index in [0.717, 1.165) is 23.6 Å². The predicted octanol–water partition coefficient (Wildman–Crippen LogP) is 1.43. The molecule has 0 bridgehead atoms. The van der Waals surface area contributed by atoms with Gasteiger partial charge in [0.05, 0.1) is 13.5 Å². The van der Waals surface area contributed by atoms with E-state index in [-0.39, 0.29) is 5.97 Å². The lowest BCUT2D eigenvalue weighted by Gasteiger charge is -2.23. The molecule has 6 nitrogen and oxygen atoms in total. The molecule has 6 heteroatoms. The molecule has 0 fully saturated rings. The predicted molar refractivity (Wildman–Crippen MR) is 72.2 cm³/mol. The van der Waals surface area contributed by atoms with Crippen molar-refractivity contribution >= 4 is 17.4 Å². The summed E-state index contributed by atoms with van der Waals surface area (Å²) in [4.78, 5) is 17.6. The number of hydrogen-bond acceptors (Lipinski definition) is 5. The molecule has 0 amide bonds. The standard InChI is InChI=1S/C13H18N4O2/c1-4-16(6-5-13(18)19-3)12-8-10(2)7-11-14-9-15-17(11)12/h7-9H,4-6H2,1-3H3. The third kappa shape index (κ3) is 2.83. The van der Waals surface area contributed by atoms with Crippen LogP contribution in [0.1, 0.15) is 18.9 Å². The Morgan fingerprint density at radius 3 is 2.95 bits per heavy atom. The van der Waals surface area contributed by atoms with Crippen molar-refractivity contribution in [2.24, 2.45) is 0 Å². The minimum absolute atomic E-state index is 0.207. The lowest BCUT2D eigenvalue weighted by Crippen LogP contribution is -2.28. The van der Waals surface area contributed by atoms with Gasteiger partial charge in [-0.25, -0.2) is 4.98 Å². The Kier molecular flexibility index (Phi) is 3.99. The molecule has 102 valence electrons. The summed E-state index contributed by atoms with van der Waals surface area (Å²) in [5, 5.41) is 4.22. The summed E-state index contributed by atoms with van der Waals surface area (Å²) in [5.74, 6) is 0.736. The van der Waals surface area contributed by atoms with E-state index in [9.17, 15) is 4.79 Å². The number of anilines is 1. The molecule has 0 aromatic carbocycles. The van der Waals surface area contributed by atoms with Gasteiger partial charge in [0, 0.05) is 13.1 Å². The van der Waals surface area contributed by atoms with Gasteiger partial charge in [-0.15, -0.1) is 0 Å². The van der Waals surface area contributed by atoms with Crippen molar-refractivity contribution in [2.45, 2.75) is 20.3 Å². The average molecular weight is 262 g/mol. The molecule has 0 saturated carbocycles. The van der Waals surface area contributed by atoms with E-state index in [0.29, 0.717) is 13.0 Å². The molecular formula is C13H18N4O2. The first kappa shape index (κ1) is 13.3. The molecule has 2 rings (SSSR count). The zero-order valence-electron chi connectivity index (χ0n) is 11.5. The molecule has 0 atom stereocenters. The first-order valence-electron chi connectivity index (χ1n) is 6.28. The van der Waals surface area contributed by atoms with Gasteiger partial charge in [-0.2, -0.15) is 9.61 Å². The van der Waals surface area contributed by atoms with Crippen LogP contribution in [-0.4, -0.2) is 40.8 Å². The minimum Gasteiger partial charge on any atom is -0.469 e. The molecule has 2 aromatic heterocycles. The number of pyridine rings is 1. The van der Waals surface area contributed by atoms with E-state index in [2.05, 4.69) is 19.7 Å². The smallest absolute Gasteiger partial charge is 0.307 e. The summed E-state index contributed by atoms with van der Waals surface area (Å²) in [6.45, 7) is 5.45. The number of aromatic nitrogens is 3. The second-order valence-corrected chi connectivity index (χ2v) is 4.33. The lowest BCUT2D eigenvalue weighted by molar-refractivity contribution is -0.140. The van der Waals surface area contributed by atoms with Crippen LogP contribution in [0.5, 0.6) is 0 Å². The van der Waals surface area contributed by atoms with E-state index >= 15 is 0 Å². The highest BCUT2D eigenvalue weighted by Crippen LogP contribution is 2.18. The summed E-state index contributed by atoms with van der Waals surface area (Å²) in [5.41, 5.74) is 1.93. The van der Waals surface area contributed by atoms with Gasteiger partial charge >= 0.3 is 5.97 Å². The maximum Gasteiger partial charge on any atom is 0.307 e. The van der Waals surface area contributed by atoms with Crippen molar-refractivity contribution in [3.63, 3.8) is 0 Å². The molecule has 0 spiro atoms. The van der Waals surface area contributed by atoms with Crippen LogP contribution in [0.4, 0.5) is 5.82 Å². The van der Waals surface area contributed by atoms with Gasteiger partial charge in [-0.1, -0.05) is 0 Å². The highest BCUT2D eigenvalue weighted by atomic mass is 16.5. The number of hydrogen-bond donors (Lipinski definition) is 0. The van der Waals surface area contributed by atoms with Crippen molar-refractivity contribution in [3.05, 3.63) is 24.0 Å². The zero-order valence-corrected chi connectivity index (χ0v) is 11.5. The van der Waals surface area contributed by atoms with Crippen LogP contribution >= 0.6 is 0 Å². The Hall–Kier alpha value is -2.11. The van der Waals surface area contributed by atoms with E-state index in [4.69, 9.17) is 0 Å². The van der Waals surface area contributed by atoms with E-state index in [1.165, 1.54) is 13.4 Å². The van der Waals surface area contributed by atoms with E-state index in [1.807, 2.05) is 26.0 Å². The van der Waals surface area contributed by atoms with Crippen LogP contribution in [0, 0.1) is 6.92 Å². The average Bonchev–Trinajstić information content (AvgIpc) is 2.86. The number of ether oxygens (including phenoxy) is 1. The van der Waals surface area contributed by atoms with Crippen molar-refractivity contribution in [2.75, 3.05) is 25.1 Å². The molecule has 0 saturated heterocycles. The second-order valence-electron chi connectivity index (χ2n) is 4.33. The molecule has 19 heavy (non-hydrogen) atoms. The zero-order chi connectivity index (χ0) is 13.8. The van der Waals surface area contributed by atoms with Crippen LogP contribution < -0.4 is 4.90 Å². The monoisotopic (exact) mass is 262 g/mol. The van der Waals surface area contributed by atoms with Gasteiger partial charge in [0.2, 0.25) is 0 Å². The molecule has 0 aliphatic heterocycles. The summed E-state index contributed by atoms with van der Waals surface area (Å²) in [7, 11) is 1.40. The second kappa shape index (κ2) is 5.69. The van der Waals surface area contributed by atoms with Crippen molar-refractivity contribution in [1.82, 2.24) is 14.6 Å². The Labute approximate surface area is 112 Å². The summed E-state index contributed by atoms with van der Waals surface area (Å²) in [6, 6.07) is 4.02. The first-order valence-corrected chi connectivity index (χ1v) is 6.28. The molecule has 0 aliphatic carbocycles. The van der Waals surface area contributed by atoms with Gasteiger partial charge in [0.25, 0.3) is 0 Å². The van der Waals surface area contributed by atoms with Gasteiger partial charge < -0.3 is 9.64 Å². The summed E-state index contributed by atoms with van der Waals surface area (Å²) in [6.07, 6.45) is 1.89. The Morgan fingerprint density at radius 1 is 1.47 bits per heavy atom. The number of aryl methyl sites for hydroxylation is 1. The maximum absolute atomic E-state index is 11.3. The van der Waals surface area contributed by atoms with E-state index < -0.39 is 0 Å². The number of rotatable bonds is 5. The van der Waals surface area contributed by atoms with Gasteiger partial charge in [0.15, 0.2) is 5.65 Å². The van der Waals surface area contributed by atoms with Crippen molar-refractivity contribution in [1.29, 1.82) is 0 Å². The number of fused-ring (bicyclic) bond motifs is 1. The Bertz CT molecular complexity index is 579. The molecule has 0 N–H and O–H groups in total. The maximum atomic E-state index is 11.3. The molecule has 0 aliphatic rings. The highest BCUT2D eigenvalue weighted by molar-refractivity contribution is 5.70. The third-order valence-electron chi connectivity index (χ3n) is 3.02. The van der Waals surface area contributed by atoms with Crippen LogP contribution in [-0.2, 0) is 9.53 Å². The Balaban J connectivity index is 2.29. The molecule has 0 radical (unpaired) electrons. The van der Waals surface area contributed by atoms with Crippen molar-refractivity contribution in [3.8, 4) is 0 Å². The van der Waals surface area contributed by atoms with Gasteiger partial charge in [-0.05, 0) is 31.5 Å². The quantitative estimate of drug-likeness (QED) is 0.763. The molecule has 2 aromatic rings. The first-order chi connectivity index (χ1) is 9.15. The van der Waals surface area contributed by atoms with Crippen LogP contribution in [0.25, 0.3) is 5.65 Å². The SMILES string of the molecule is CCN(CCC(=O)OC)c1cc(C)cc2ncnn12. The number of nitrogens with zero attached hydrogens (tertiary/aromatic N) is 4. The van der Waals surface area contributed by atoms with Crippen LogP contribution in [0.2, 0.25) is 0 Å². The lowest BCUT2D eigenvalue weighted by atomic mass is 10.2. The van der Waals surface area contributed by atoms with Crippen LogP contribution in [0.15, 0.2) is 18.5 Å². The highest BCUT2D eigenvalue weighted by Gasteiger charge is 2.12. The summed E-state index contributed by atoms with van der Waals surface area (Å²) < 4.78 is 6.46. The Morgan fingerprint density at radius 2 is 2.26 bits per heavy atom. The fourth-order valence-electron chi connectivity index (χ4n) is 2.02. The van der Waals surface area contributed by atoms with Gasteiger partial charge in [-0.3, -0.25) is 4.79 Å².